The van der Waals surface area contributed by atoms with Crippen molar-refractivity contribution < 1.29 is 14.6 Å². The molecule has 5 nitrogen and oxygen atoms in total. The summed E-state index contributed by atoms with van der Waals surface area (Å²) in [5, 5.41) is 9.60. The van der Waals surface area contributed by atoms with Crippen molar-refractivity contribution in [1.29, 1.82) is 0 Å². The molecule has 1 aromatic heterocycles. The number of ether oxygens (including phenoxy) is 1. The van der Waals surface area contributed by atoms with E-state index in [1.54, 1.807) is 38.1 Å². The number of amides is 1. The van der Waals surface area contributed by atoms with Crippen LogP contribution in [-0.2, 0) is 0 Å². The van der Waals surface area contributed by atoms with E-state index in [1.165, 1.54) is 6.07 Å². The number of phenols is 1. The maximum Gasteiger partial charge on any atom is 0.248 e. The Balaban J connectivity index is 2.38. The van der Waals surface area contributed by atoms with E-state index < -0.39 is 5.91 Å². The summed E-state index contributed by atoms with van der Waals surface area (Å²) < 4.78 is 5.58. The van der Waals surface area contributed by atoms with Crippen molar-refractivity contribution in [1.82, 2.24) is 4.98 Å². The van der Waals surface area contributed by atoms with Crippen LogP contribution in [-0.4, -0.2) is 16.0 Å². The number of hydrogen-bond acceptors (Lipinski definition) is 4. The molecule has 19 heavy (non-hydrogen) atoms. The van der Waals surface area contributed by atoms with Gasteiger partial charge in [0.05, 0.1) is 0 Å². The van der Waals surface area contributed by atoms with Crippen molar-refractivity contribution in [2.75, 3.05) is 0 Å². The Morgan fingerprint density at radius 1 is 1.32 bits per heavy atom. The number of phenolic OH excluding ortho intramolecular Hbond substituents is 1. The fraction of sp³-hybridized carbons (Fsp3) is 0.143. The fourth-order valence-corrected chi connectivity index (χ4v) is 1.66. The summed E-state index contributed by atoms with van der Waals surface area (Å²) in [6.45, 7) is 3.48. The molecule has 1 heterocycles. The zero-order chi connectivity index (χ0) is 14.0. The third-order valence-electron chi connectivity index (χ3n) is 2.68. The third kappa shape index (κ3) is 2.82. The van der Waals surface area contributed by atoms with Gasteiger partial charge in [-0.05, 0) is 32.0 Å². The number of aromatic hydroxyl groups is 1. The quantitative estimate of drug-likeness (QED) is 0.884. The lowest BCUT2D eigenvalue weighted by Crippen LogP contribution is -2.11. The second-order valence-corrected chi connectivity index (χ2v) is 4.20. The molecule has 0 atom stereocenters. The average molecular weight is 258 g/mol. The molecule has 0 aliphatic carbocycles. The number of hydrogen-bond donors (Lipinski definition) is 2. The highest BCUT2D eigenvalue weighted by atomic mass is 16.5. The predicted octanol–water partition coefficient (Wildman–Crippen LogP) is 2.30. The van der Waals surface area contributed by atoms with Gasteiger partial charge in [0.25, 0.3) is 0 Å². The molecule has 1 amide bonds. The van der Waals surface area contributed by atoms with Crippen molar-refractivity contribution in [3.8, 4) is 17.4 Å². The molecule has 0 spiro atoms. The number of carbonyl (C=O) groups excluding carboxylic acids is 1. The monoisotopic (exact) mass is 258 g/mol. The van der Waals surface area contributed by atoms with Gasteiger partial charge in [-0.3, -0.25) is 4.79 Å². The van der Waals surface area contributed by atoms with E-state index in [0.717, 1.165) is 0 Å². The number of pyridine rings is 1. The van der Waals surface area contributed by atoms with Crippen molar-refractivity contribution in [3.05, 3.63) is 47.2 Å². The van der Waals surface area contributed by atoms with Gasteiger partial charge in [-0.1, -0.05) is 6.07 Å². The van der Waals surface area contributed by atoms with Crippen LogP contribution in [0.5, 0.6) is 17.4 Å². The Kier molecular flexibility index (Phi) is 3.37. The molecule has 1 aromatic carbocycles. The van der Waals surface area contributed by atoms with Gasteiger partial charge in [0.2, 0.25) is 11.8 Å². The van der Waals surface area contributed by atoms with E-state index in [2.05, 4.69) is 4.98 Å². The summed E-state index contributed by atoms with van der Waals surface area (Å²) in [6.07, 6.45) is 0. The van der Waals surface area contributed by atoms with Gasteiger partial charge < -0.3 is 15.6 Å². The average Bonchev–Trinajstić information content (AvgIpc) is 2.34. The van der Waals surface area contributed by atoms with Crippen LogP contribution in [0.3, 0.4) is 0 Å². The van der Waals surface area contributed by atoms with Gasteiger partial charge in [-0.25, -0.2) is 4.98 Å². The summed E-state index contributed by atoms with van der Waals surface area (Å²) >= 11 is 0. The van der Waals surface area contributed by atoms with Crippen molar-refractivity contribution in [2.45, 2.75) is 13.8 Å². The smallest absolute Gasteiger partial charge is 0.248 e. The second-order valence-electron chi connectivity index (χ2n) is 4.20. The van der Waals surface area contributed by atoms with Gasteiger partial charge in [0, 0.05) is 22.9 Å². The molecule has 0 unspecified atom stereocenters. The first-order valence-electron chi connectivity index (χ1n) is 5.72. The van der Waals surface area contributed by atoms with E-state index >= 15 is 0 Å². The van der Waals surface area contributed by atoms with Crippen LogP contribution in [0.15, 0.2) is 30.3 Å². The Morgan fingerprint density at radius 3 is 2.74 bits per heavy atom. The van der Waals surface area contributed by atoms with Crippen molar-refractivity contribution >= 4 is 5.91 Å². The first kappa shape index (κ1) is 12.9. The molecule has 0 aliphatic heterocycles. The van der Waals surface area contributed by atoms with E-state index in [-0.39, 0.29) is 11.6 Å². The molecule has 2 aromatic rings. The SMILES string of the molecule is Cc1cc(C(N)=O)cc(Oc2cccc(O)c2C)n1. The molecule has 2 rings (SSSR count). The van der Waals surface area contributed by atoms with E-state index in [9.17, 15) is 9.90 Å². The molecule has 0 saturated heterocycles. The standard InChI is InChI=1S/C14H14N2O3/c1-8-6-10(14(15)18)7-13(16-8)19-12-5-3-4-11(17)9(12)2/h3-7,17H,1-2H3,(H2,15,18). The molecule has 0 aliphatic rings. The van der Waals surface area contributed by atoms with E-state index in [4.69, 9.17) is 10.5 Å². The number of rotatable bonds is 3. The number of nitrogens with two attached hydrogens (primary N) is 1. The molecule has 0 saturated carbocycles. The number of aromatic nitrogens is 1. The van der Waals surface area contributed by atoms with Gasteiger partial charge in [0.15, 0.2) is 0 Å². The number of carbonyl (C=O) groups is 1. The molecule has 98 valence electrons. The number of primary amides is 1. The van der Waals surface area contributed by atoms with Crippen molar-refractivity contribution in [3.63, 3.8) is 0 Å². The largest absolute Gasteiger partial charge is 0.508 e. The number of aryl methyl sites for hydroxylation is 1. The van der Waals surface area contributed by atoms with E-state index in [0.29, 0.717) is 22.6 Å². The Hall–Kier alpha value is -2.56. The molecule has 0 bridgehead atoms. The summed E-state index contributed by atoms with van der Waals surface area (Å²) in [5.41, 5.74) is 6.80. The third-order valence-corrected chi connectivity index (χ3v) is 2.68. The minimum atomic E-state index is -0.539. The van der Waals surface area contributed by atoms with E-state index in [1.807, 2.05) is 0 Å². The summed E-state index contributed by atoms with van der Waals surface area (Å²) in [4.78, 5) is 15.3. The highest BCUT2D eigenvalue weighted by Crippen LogP contribution is 2.29. The van der Waals surface area contributed by atoms with Crippen LogP contribution in [0.4, 0.5) is 0 Å². The first-order valence-corrected chi connectivity index (χ1v) is 5.72. The summed E-state index contributed by atoms with van der Waals surface area (Å²) in [7, 11) is 0. The van der Waals surface area contributed by atoms with Crippen LogP contribution < -0.4 is 10.5 Å². The highest BCUT2D eigenvalue weighted by molar-refractivity contribution is 5.93. The minimum absolute atomic E-state index is 0.139. The molecule has 3 N–H and O–H groups in total. The molecular formula is C14H14N2O3. The zero-order valence-electron chi connectivity index (χ0n) is 10.7. The summed E-state index contributed by atoms with van der Waals surface area (Å²) in [5.74, 6) is 0.347. The summed E-state index contributed by atoms with van der Waals surface area (Å²) in [6, 6.07) is 8.01. The lowest BCUT2D eigenvalue weighted by atomic mass is 10.2. The first-order chi connectivity index (χ1) is 8.97. The fourth-order valence-electron chi connectivity index (χ4n) is 1.66. The zero-order valence-corrected chi connectivity index (χ0v) is 10.7. The molecule has 5 heteroatoms. The Labute approximate surface area is 110 Å². The maximum atomic E-state index is 11.2. The molecule has 0 radical (unpaired) electrons. The van der Waals surface area contributed by atoms with Crippen LogP contribution >= 0.6 is 0 Å². The van der Waals surface area contributed by atoms with Crippen LogP contribution in [0, 0.1) is 13.8 Å². The lowest BCUT2D eigenvalue weighted by molar-refractivity contribution is 0.0999. The second kappa shape index (κ2) is 4.97. The van der Waals surface area contributed by atoms with Gasteiger partial charge in [-0.15, -0.1) is 0 Å². The normalized spacial score (nSPS) is 10.2. The Morgan fingerprint density at radius 2 is 2.05 bits per heavy atom. The molecular weight excluding hydrogens is 244 g/mol. The Bertz CT molecular complexity index is 639. The minimum Gasteiger partial charge on any atom is -0.508 e. The van der Waals surface area contributed by atoms with Gasteiger partial charge in [0.1, 0.15) is 11.5 Å². The van der Waals surface area contributed by atoms with Gasteiger partial charge >= 0.3 is 0 Å². The molecule has 0 fully saturated rings. The van der Waals surface area contributed by atoms with Crippen LogP contribution in [0.2, 0.25) is 0 Å². The number of nitrogens with zero attached hydrogens (tertiary/aromatic N) is 1. The number of benzene rings is 1. The lowest BCUT2D eigenvalue weighted by Gasteiger charge is -2.10. The predicted molar refractivity (Wildman–Crippen MR) is 70.4 cm³/mol. The maximum absolute atomic E-state index is 11.2. The van der Waals surface area contributed by atoms with Crippen LogP contribution in [0.1, 0.15) is 21.6 Å². The highest BCUT2D eigenvalue weighted by Gasteiger charge is 2.09. The van der Waals surface area contributed by atoms with Crippen molar-refractivity contribution in [2.24, 2.45) is 5.73 Å². The van der Waals surface area contributed by atoms with Crippen LogP contribution in [0.25, 0.3) is 0 Å². The topological polar surface area (TPSA) is 85.4 Å². The van der Waals surface area contributed by atoms with Gasteiger partial charge in [-0.2, -0.15) is 0 Å².